The molecule has 0 saturated carbocycles. The number of carbonyl (C=O) groups is 1. The Bertz CT molecular complexity index is 834. The lowest BCUT2D eigenvalue weighted by atomic mass is 9.99. The summed E-state index contributed by atoms with van der Waals surface area (Å²) in [6.45, 7) is 5.21. The lowest BCUT2D eigenvalue weighted by Crippen LogP contribution is -2.51. The van der Waals surface area contributed by atoms with Crippen LogP contribution in [-0.4, -0.2) is 58.0 Å². The molecule has 3 heterocycles. The molecule has 0 aromatic carbocycles. The minimum absolute atomic E-state index is 0.405. The Morgan fingerprint density at radius 1 is 1.43 bits per heavy atom. The van der Waals surface area contributed by atoms with E-state index in [1.165, 1.54) is 5.56 Å². The van der Waals surface area contributed by atoms with Gasteiger partial charge in [-0.2, -0.15) is 11.3 Å². The van der Waals surface area contributed by atoms with Crippen LogP contribution in [0.1, 0.15) is 47.8 Å². The number of pyridine rings is 1. The van der Waals surface area contributed by atoms with Gasteiger partial charge in [0.2, 0.25) is 0 Å². The zero-order valence-electron chi connectivity index (χ0n) is 17.7. The van der Waals surface area contributed by atoms with Gasteiger partial charge in [-0.05, 0) is 79.3 Å². The number of thiocarbonyl (C=S) groups is 1. The molecule has 6 nitrogen and oxygen atoms in total. The molecule has 0 aliphatic carbocycles. The van der Waals surface area contributed by atoms with Crippen molar-refractivity contribution in [2.75, 3.05) is 20.1 Å². The lowest BCUT2D eigenvalue weighted by molar-refractivity contribution is 0.0997. The fourth-order valence-electron chi connectivity index (χ4n) is 4.12. The summed E-state index contributed by atoms with van der Waals surface area (Å²) in [5.41, 5.74) is 8.13. The molecule has 0 radical (unpaired) electrons. The number of aryl methyl sites for hydroxylation is 1. The van der Waals surface area contributed by atoms with Gasteiger partial charge in [-0.3, -0.25) is 9.78 Å². The summed E-state index contributed by atoms with van der Waals surface area (Å²) in [5, 5.41) is 8.30. The molecule has 1 amide bonds. The first-order chi connectivity index (χ1) is 14.5. The Morgan fingerprint density at radius 2 is 2.20 bits per heavy atom. The van der Waals surface area contributed by atoms with E-state index in [1.807, 2.05) is 7.05 Å². The third-order valence-electron chi connectivity index (χ3n) is 5.93. The van der Waals surface area contributed by atoms with Crippen LogP contribution in [0.4, 0.5) is 0 Å². The smallest absolute Gasteiger partial charge is 0.250 e. The Labute approximate surface area is 188 Å². The summed E-state index contributed by atoms with van der Waals surface area (Å²) in [7, 11) is 1.90. The molecule has 2 aromatic rings. The van der Waals surface area contributed by atoms with Crippen LogP contribution in [0.25, 0.3) is 0 Å². The van der Waals surface area contributed by atoms with E-state index >= 15 is 0 Å². The number of hydrogen-bond acceptors (Lipinski definition) is 5. The molecule has 0 spiro atoms. The van der Waals surface area contributed by atoms with Crippen LogP contribution in [-0.2, 0) is 13.0 Å². The Morgan fingerprint density at radius 3 is 2.83 bits per heavy atom. The van der Waals surface area contributed by atoms with Crippen molar-refractivity contribution in [1.82, 2.24) is 20.1 Å². The van der Waals surface area contributed by atoms with E-state index in [0.29, 0.717) is 17.6 Å². The molecule has 1 saturated heterocycles. The first-order valence-electron chi connectivity index (χ1n) is 10.5. The van der Waals surface area contributed by atoms with Crippen molar-refractivity contribution in [3.63, 3.8) is 0 Å². The molecular formula is C22H31N5OS2. The molecule has 3 N–H and O–H groups in total. The fraction of sp³-hybridized carbons (Fsp3) is 0.500. The molecule has 1 fully saturated rings. The molecule has 2 aromatic heterocycles. The second-order valence-electron chi connectivity index (χ2n) is 7.83. The van der Waals surface area contributed by atoms with E-state index in [9.17, 15) is 4.79 Å². The van der Waals surface area contributed by atoms with Crippen molar-refractivity contribution in [1.29, 1.82) is 0 Å². The average Bonchev–Trinajstić information content (AvgIpc) is 3.29. The molecular weight excluding hydrogens is 414 g/mol. The third kappa shape index (κ3) is 5.77. The number of carbonyl (C=O) groups excluding carboxylic acids is 1. The monoisotopic (exact) mass is 445 g/mol. The Balaban J connectivity index is 1.53. The van der Waals surface area contributed by atoms with Gasteiger partial charge in [0.15, 0.2) is 5.11 Å². The lowest BCUT2D eigenvalue weighted by Gasteiger charge is -2.41. The topological polar surface area (TPSA) is 74.5 Å². The SMILES string of the molecule is CNC(=S)N(Cc1ccsc1)C1CCN([C@H](C)CCc2ncccc2C(N)=O)CC1. The van der Waals surface area contributed by atoms with Crippen LogP contribution in [0.3, 0.4) is 0 Å². The van der Waals surface area contributed by atoms with E-state index in [4.69, 9.17) is 18.0 Å². The van der Waals surface area contributed by atoms with E-state index in [0.717, 1.165) is 56.1 Å². The van der Waals surface area contributed by atoms with Crippen LogP contribution in [0.15, 0.2) is 35.2 Å². The highest BCUT2D eigenvalue weighted by molar-refractivity contribution is 7.80. The molecule has 0 unspecified atom stereocenters. The number of nitrogens with zero attached hydrogens (tertiary/aromatic N) is 3. The predicted molar refractivity (Wildman–Crippen MR) is 127 cm³/mol. The van der Waals surface area contributed by atoms with Crippen LogP contribution in [0, 0.1) is 0 Å². The Hall–Kier alpha value is -2.03. The molecule has 1 aliphatic heterocycles. The summed E-state index contributed by atoms with van der Waals surface area (Å²) >= 11 is 7.33. The van der Waals surface area contributed by atoms with E-state index in [2.05, 4.69) is 43.9 Å². The number of rotatable bonds is 8. The normalized spacial score (nSPS) is 16.2. The minimum Gasteiger partial charge on any atom is -0.366 e. The molecule has 8 heteroatoms. The highest BCUT2D eigenvalue weighted by Crippen LogP contribution is 2.23. The number of aromatic nitrogens is 1. The number of primary amides is 1. The van der Waals surface area contributed by atoms with Crippen molar-refractivity contribution < 1.29 is 4.79 Å². The van der Waals surface area contributed by atoms with Gasteiger partial charge in [0.05, 0.1) is 11.3 Å². The van der Waals surface area contributed by atoms with Crippen LogP contribution in [0.5, 0.6) is 0 Å². The maximum atomic E-state index is 11.6. The second-order valence-corrected chi connectivity index (χ2v) is 9.00. The highest BCUT2D eigenvalue weighted by Gasteiger charge is 2.28. The molecule has 30 heavy (non-hydrogen) atoms. The first-order valence-corrected chi connectivity index (χ1v) is 11.8. The van der Waals surface area contributed by atoms with Gasteiger partial charge < -0.3 is 20.9 Å². The zero-order valence-corrected chi connectivity index (χ0v) is 19.3. The number of piperidine rings is 1. The van der Waals surface area contributed by atoms with Crippen molar-refractivity contribution in [3.8, 4) is 0 Å². The maximum absolute atomic E-state index is 11.6. The quantitative estimate of drug-likeness (QED) is 0.609. The first kappa shape index (κ1) is 22.7. The number of amides is 1. The van der Waals surface area contributed by atoms with Gasteiger partial charge in [-0.15, -0.1) is 0 Å². The summed E-state index contributed by atoms with van der Waals surface area (Å²) in [6, 6.07) is 6.56. The second kappa shape index (κ2) is 10.8. The highest BCUT2D eigenvalue weighted by atomic mass is 32.1. The van der Waals surface area contributed by atoms with Gasteiger partial charge in [0.1, 0.15) is 0 Å². The number of hydrogen-bond donors (Lipinski definition) is 2. The van der Waals surface area contributed by atoms with Crippen molar-refractivity contribution in [2.24, 2.45) is 5.73 Å². The number of nitrogens with one attached hydrogen (secondary N) is 1. The summed E-state index contributed by atoms with van der Waals surface area (Å²) in [5.74, 6) is -0.405. The zero-order chi connectivity index (χ0) is 21.5. The largest absolute Gasteiger partial charge is 0.366 e. The fourth-order valence-corrected chi connectivity index (χ4v) is 4.99. The van der Waals surface area contributed by atoms with Crippen LogP contribution >= 0.6 is 23.6 Å². The van der Waals surface area contributed by atoms with Gasteiger partial charge >= 0.3 is 0 Å². The maximum Gasteiger partial charge on any atom is 0.250 e. The molecule has 3 rings (SSSR count). The number of likely N-dealkylation sites (tertiary alicyclic amines) is 1. The predicted octanol–water partition coefficient (Wildman–Crippen LogP) is 3.03. The Kier molecular flexibility index (Phi) is 8.18. The van der Waals surface area contributed by atoms with Crippen LogP contribution < -0.4 is 11.1 Å². The third-order valence-corrected chi connectivity index (χ3v) is 7.10. The summed E-state index contributed by atoms with van der Waals surface area (Å²) < 4.78 is 0. The van der Waals surface area contributed by atoms with Crippen molar-refractivity contribution in [3.05, 3.63) is 52.0 Å². The van der Waals surface area contributed by atoms with E-state index in [1.54, 1.807) is 29.7 Å². The molecule has 162 valence electrons. The van der Waals surface area contributed by atoms with Crippen LogP contribution in [0.2, 0.25) is 0 Å². The standard InChI is InChI=1S/C22H31N5OS2/c1-16(5-6-20-19(21(23)28)4-3-10-25-20)26-11-7-18(8-12-26)27(22(29)24-2)14-17-9-13-30-15-17/h3-4,9-10,13,15-16,18H,5-8,11-12,14H2,1-2H3,(H2,23,28)(H,24,29)/t16-/m1/s1. The molecule has 1 atom stereocenters. The van der Waals surface area contributed by atoms with Crippen molar-refractivity contribution in [2.45, 2.75) is 51.2 Å². The number of nitrogens with two attached hydrogens (primary N) is 1. The minimum atomic E-state index is -0.405. The van der Waals surface area contributed by atoms with Gasteiger partial charge in [-0.1, -0.05) is 0 Å². The van der Waals surface area contributed by atoms with Crippen molar-refractivity contribution >= 4 is 34.6 Å². The van der Waals surface area contributed by atoms with E-state index in [-0.39, 0.29) is 0 Å². The number of thiophene rings is 1. The van der Waals surface area contributed by atoms with Gasteiger partial charge in [-0.25, -0.2) is 0 Å². The van der Waals surface area contributed by atoms with E-state index < -0.39 is 5.91 Å². The molecule has 1 aliphatic rings. The summed E-state index contributed by atoms with van der Waals surface area (Å²) in [6.07, 6.45) is 5.62. The van der Waals surface area contributed by atoms with Gasteiger partial charge in [0.25, 0.3) is 5.91 Å². The van der Waals surface area contributed by atoms with Gasteiger partial charge in [0, 0.05) is 45.0 Å². The molecule has 0 bridgehead atoms. The average molecular weight is 446 g/mol. The summed E-state index contributed by atoms with van der Waals surface area (Å²) in [4.78, 5) is 20.9.